The smallest absolute Gasteiger partial charge is 0.0286 e. The van der Waals surface area contributed by atoms with Crippen molar-refractivity contribution in [3.8, 4) is 66.8 Å². The Bertz CT molecular complexity index is 2860. The van der Waals surface area contributed by atoms with Crippen molar-refractivity contribution in [2.24, 2.45) is 11.3 Å². The zero-order valence-electron chi connectivity index (χ0n) is 34.1. The summed E-state index contributed by atoms with van der Waals surface area (Å²) in [5, 5.41) is 5.11. The molecule has 1 atom stereocenters. The highest BCUT2D eigenvalue weighted by Crippen LogP contribution is 2.61. The first-order valence-electron chi connectivity index (χ1n) is 20.8. The lowest BCUT2D eigenvalue weighted by molar-refractivity contribution is 0.171. The van der Waals surface area contributed by atoms with Gasteiger partial charge in [0.05, 0.1) is 0 Å². The van der Waals surface area contributed by atoms with Gasteiger partial charge in [-0.15, -0.1) is 0 Å². The standard InChI is InChI=1S/C58H48/c1-38(2)58(57(3,4)5)53-27-17-16-22-47(53)48-33-32-43(37-54(48)58)56-51-25-14-12-23-49(51)55(50-24-13-15-26-52(50)56)42-30-28-41(29-31-42)46-35-44(39-18-8-6-9-19-39)34-45(36-46)40-20-10-7-11-21-40/h6-38H,1-5H3. The van der Waals surface area contributed by atoms with Gasteiger partial charge < -0.3 is 0 Å². The molecule has 0 bridgehead atoms. The van der Waals surface area contributed by atoms with Gasteiger partial charge in [0.1, 0.15) is 0 Å². The predicted octanol–water partition coefficient (Wildman–Crippen LogP) is 16.3. The molecule has 0 saturated carbocycles. The van der Waals surface area contributed by atoms with Gasteiger partial charge in [0.25, 0.3) is 0 Å². The molecule has 0 heteroatoms. The van der Waals surface area contributed by atoms with E-state index in [1.807, 2.05) is 0 Å². The van der Waals surface area contributed by atoms with Crippen LogP contribution in [-0.4, -0.2) is 0 Å². The van der Waals surface area contributed by atoms with Crippen LogP contribution in [0.5, 0.6) is 0 Å². The molecule has 9 aromatic rings. The second-order valence-electron chi connectivity index (χ2n) is 17.5. The Balaban J connectivity index is 1.14. The quantitative estimate of drug-likeness (QED) is 0.149. The summed E-state index contributed by atoms with van der Waals surface area (Å²) in [6.07, 6.45) is 0. The van der Waals surface area contributed by atoms with Crippen molar-refractivity contribution in [3.63, 3.8) is 0 Å². The van der Waals surface area contributed by atoms with Crippen LogP contribution < -0.4 is 0 Å². The Morgan fingerprint density at radius 3 is 1.19 bits per heavy atom. The molecule has 9 aromatic carbocycles. The van der Waals surface area contributed by atoms with Crippen LogP contribution in [0.3, 0.4) is 0 Å². The van der Waals surface area contributed by atoms with Crippen LogP contribution in [0.1, 0.15) is 45.7 Å². The number of rotatable bonds is 6. The highest BCUT2D eigenvalue weighted by Gasteiger charge is 2.53. The van der Waals surface area contributed by atoms with Gasteiger partial charge in [-0.05, 0) is 135 Å². The maximum Gasteiger partial charge on any atom is 0.0286 e. The molecule has 1 unspecified atom stereocenters. The molecule has 0 fully saturated rings. The first-order chi connectivity index (χ1) is 28.2. The first-order valence-corrected chi connectivity index (χ1v) is 20.8. The minimum Gasteiger partial charge on any atom is -0.0622 e. The van der Waals surface area contributed by atoms with Gasteiger partial charge in [0.2, 0.25) is 0 Å². The van der Waals surface area contributed by atoms with Gasteiger partial charge >= 0.3 is 0 Å². The number of hydrogen-bond acceptors (Lipinski definition) is 0. The largest absolute Gasteiger partial charge is 0.0622 e. The summed E-state index contributed by atoms with van der Waals surface area (Å²) < 4.78 is 0. The molecule has 0 spiro atoms. The fraction of sp³-hybridized carbons (Fsp3) is 0.138. The molecule has 1 aliphatic carbocycles. The molecule has 0 amide bonds. The molecule has 0 heterocycles. The number of fused-ring (bicyclic) bond motifs is 5. The topological polar surface area (TPSA) is 0 Å². The fourth-order valence-electron chi connectivity index (χ4n) is 10.7. The summed E-state index contributed by atoms with van der Waals surface area (Å²) in [6, 6.07) is 72.3. The van der Waals surface area contributed by atoms with E-state index in [4.69, 9.17) is 0 Å². The van der Waals surface area contributed by atoms with Crippen LogP contribution in [0.2, 0.25) is 0 Å². The predicted molar refractivity (Wildman–Crippen MR) is 249 cm³/mol. The first kappa shape index (κ1) is 35.9. The summed E-state index contributed by atoms with van der Waals surface area (Å²) in [6.45, 7) is 12.1. The van der Waals surface area contributed by atoms with Crippen molar-refractivity contribution in [2.45, 2.75) is 40.0 Å². The molecule has 0 nitrogen and oxygen atoms in total. The van der Waals surface area contributed by atoms with E-state index in [-0.39, 0.29) is 10.8 Å². The van der Waals surface area contributed by atoms with E-state index in [0.29, 0.717) is 5.92 Å². The molecule has 0 aliphatic heterocycles. The lowest BCUT2D eigenvalue weighted by atomic mass is 9.55. The summed E-state index contributed by atoms with van der Waals surface area (Å²) in [5.74, 6) is 0.412. The molecule has 280 valence electrons. The summed E-state index contributed by atoms with van der Waals surface area (Å²) in [5.41, 5.74) is 17.9. The Kier molecular flexibility index (Phi) is 8.57. The average molecular weight is 745 g/mol. The molecule has 1 aliphatic rings. The molecule has 10 rings (SSSR count). The van der Waals surface area contributed by atoms with E-state index < -0.39 is 0 Å². The minimum atomic E-state index is -0.120. The Morgan fingerprint density at radius 1 is 0.328 bits per heavy atom. The van der Waals surface area contributed by atoms with Crippen molar-refractivity contribution in [1.82, 2.24) is 0 Å². The van der Waals surface area contributed by atoms with E-state index in [0.717, 1.165) is 0 Å². The van der Waals surface area contributed by atoms with Gasteiger partial charge in [-0.2, -0.15) is 0 Å². The second-order valence-corrected chi connectivity index (χ2v) is 17.5. The molecular formula is C58H48. The Hall–Kier alpha value is -6.50. The fourth-order valence-corrected chi connectivity index (χ4v) is 10.7. The van der Waals surface area contributed by atoms with Gasteiger partial charge in [-0.25, -0.2) is 0 Å². The molecule has 0 saturated heterocycles. The summed E-state index contributed by atoms with van der Waals surface area (Å²) in [7, 11) is 0. The van der Waals surface area contributed by atoms with Crippen molar-refractivity contribution in [1.29, 1.82) is 0 Å². The molecule has 58 heavy (non-hydrogen) atoms. The van der Waals surface area contributed by atoms with E-state index in [1.54, 1.807) is 0 Å². The van der Waals surface area contributed by atoms with Crippen LogP contribution in [0, 0.1) is 11.3 Å². The van der Waals surface area contributed by atoms with Crippen molar-refractivity contribution < 1.29 is 0 Å². The third-order valence-electron chi connectivity index (χ3n) is 13.0. The molecule has 0 radical (unpaired) electrons. The molecule has 0 N–H and O–H groups in total. The van der Waals surface area contributed by atoms with Crippen molar-refractivity contribution in [2.75, 3.05) is 0 Å². The lowest BCUT2D eigenvalue weighted by Gasteiger charge is -2.47. The van der Waals surface area contributed by atoms with Gasteiger partial charge in [-0.1, -0.05) is 204 Å². The highest BCUT2D eigenvalue weighted by atomic mass is 14.6. The average Bonchev–Trinajstić information content (AvgIpc) is 3.57. The highest BCUT2D eigenvalue weighted by molar-refractivity contribution is 6.21. The van der Waals surface area contributed by atoms with Crippen LogP contribution in [0.15, 0.2) is 194 Å². The van der Waals surface area contributed by atoms with E-state index in [2.05, 4.69) is 229 Å². The maximum atomic E-state index is 2.55. The van der Waals surface area contributed by atoms with Crippen LogP contribution in [-0.2, 0) is 5.41 Å². The molecule has 0 aromatic heterocycles. The summed E-state index contributed by atoms with van der Waals surface area (Å²) in [4.78, 5) is 0. The minimum absolute atomic E-state index is 0.00722. The third-order valence-corrected chi connectivity index (χ3v) is 13.0. The normalized spacial score (nSPS) is 14.9. The van der Waals surface area contributed by atoms with Crippen molar-refractivity contribution >= 4 is 21.5 Å². The molecular weight excluding hydrogens is 697 g/mol. The number of hydrogen-bond donors (Lipinski definition) is 0. The number of benzene rings is 9. The Labute approximate surface area is 343 Å². The van der Waals surface area contributed by atoms with Gasteiger partial charge in [-0.3, -0.25) is 0 Å². The van der Waals surface area contributed by atoms with Gasteiger partial charge in [0, 0.05) is 5.41 Å². The van der Waals surface area contributed by atoms with Crippen LogP contribution >= 0.6 is 0 Å². The SMILES string of the molecule is CC(C)C1(C(C)(C)C)c2ccccc2-c2ccc(-c3c4ccccc4c(-c4ccc(-c5cc(-c6ccccc6)cc(-c6ccccc6)c5)cc4)c4ccccc34)cc21. The zero-order valence-corrected chi connectivity index (χ0v) is 34.1. The second kappa shape index (κ2) is 13.9. The maximum absolute atomic E-state index is 2.55. The third kappa shape index (κ3) is 5.58. The monoisotopic (exact) mass is 744 g/mol. The van der Waals surface area contributed by atoms with E-state index in [1.165, 1.54) is 99.4 Å². The van der Waals surface area contributed by atoms with E-state index >= 15 is 0 Å². The Morgan fingerprint density at radius 2 is 0.707 bits per heavy atom. The lowest BCUT2D eigenvalue weighted by Crippen LogP contribution is -2.44. The van der Waals surface area contributed by atoms with Crippen molar-refractivity contribution in [3.05, 3.63) is 205 Å². The van der Waals surface area contributed by atoms with Crippen LogP contribution in [0.4, 0.5) is 0 Å². The zero-order chi connectivity index (χ0) is 39.6. The summed E-state index contributed by atoms with van der Waals surface area (Å²) >= 11 is 0. The van der Waals surface area contributed by atoms with E-state index in [9.17, 15) is 0 Å². The van der Waals surface area contributed by atoms with Crippen LogP contribution in [0.25, 0.3) is 88.3 Å². The van der Waals surface area contributed by atoms with Gasteiger partial charge in [0.15, 0.2) is 0 Å².